The molecule has 7 heteroatoms. The quantitative estimate of drug-likeness (QED) is 0.892. The first-order valence-electron chi connectivity index (χ1n) is 8.32. The van der Waals surface area contributed by atoms with Crippen LogP contribution >= 0.6 is 12.4 Å². The number of hydrogen-bond acceptors (Lipinski definition) is 5. The Labute approximate surface area is 158 Å². The Hall–Kier alpha value is -2.44. The van der Waals surface area contributed by atoms with Crippen molar-refractivity contribution >= 4 is 18.3 Å². The molecule has 1 N–H and O–H groups in total. The molecule has 2 heterocycles. The van der Waals surface area contributed by atoms with Crippen molar-refractivity contribution in [3.05, 3.63) is 53.6 Å². The second-order valence-electron chi connectivity index (χ2n) is 6.03. The van der Waals surface area contributed by atoms with E-state index in [1.54, 1.807) is 25.3 Å². The summed E-state index contributed by atoms with van der Waals surface area (Å²) in [5.41, 5.74) is 1.61. The Morgan fingerprint density at radius 2 is 2.00 bits per heavy atom. The van der Waals surface area contributed by atoms with Crippen LogP contribution in [0.15, 0.2) is 42.5 Å². The minimum Gasteiger partial charge on any atom is -0.496 e. The van der Waals surface area contributed by atoms with Crippen LogP contribution in [0.5, 0.6) is 17.2 Å². The Morgan fingerprint density at radius 1 is 1.19 bits per heavy atom. The Balaban J connectivity index is 0.00000196. The summed E-state index contributed by atoms with van der Waals surface area (Å²) in [6.07, 6.45) is 0. The molecule has 0 radical (unpaired) electrons. The number of nitrogens with zero attached hydrogens (tertiary/aromatic N) is 1. The molecule has 6 nitrogen and oxygen atoms in total. The van der Waals surface area contributed by atoms with Gasteiger partial charge >= 0.3 is 0 Å². The monoisotopic (exact) mass is 376 g/mol. The zero-order valence-corrected chi connectivity index (χ0v) is 15.3. The molecular weight excluding hydrogens is 356 g/mol. The number of amides is 1. The summed E-state index contributed by atoms with van der Waals surface area (Å²) in [4.78, 5) is 15.0. The van der Waals surface area contributed by atoms with Crippen LogP contribution in [0.1, 0.15) is 22.0 Å². The van der Waals surface area contributed by atoms with Gasteiger partial charge in [-0.2, -0.15) is 0 Å². The molecular formula is C19H21ClN2O4. The molecule has 0 aromatic heterocycles. The lowest BCUT2D eigenvalue weighted by atomic mass is 10.0. The average molecular weight is 377 g/mol. The van der Waals surface area contributed by atoms with E-state index in [1.165, 1.54) is 0 Å². The van der Waals surface area contributed by atoms with Crippen molar-refractivity contribution in [3.63, 3.8) is 0 Å². The number of ether oxygens (including phenoxy) is 3. The standard InChI is InChI=1S/C19H20N2O4.ClH/c1-23-16-5-3-2-4-14(16)15-11-20-8-9-21(15)19(22)13-6-7-17-18(10-13)25-12-24-17;/h2-7,10,15,20H,8-9,11-12H2,1H3;1H. The summed E-state index contributed by atoms with van der Waals surface area (Å²) in [7, 11) is 1.65. The van der Waals surface area contributed by atoms with E-state index in [2.05, 4.69) is 5.32 Å². The lowest BCUT2D eigenvalue weighted by molar-refractivity contribution is 0.0631. The number of benzene rings is 2. The van der Waals surface area contributed by atoms with Gasteiger partial charge in [0.1, 0.15) is 5.75 Å². The number of para-hydroxylation sites is 1. The van der Waals surface area contributed by atoms with Crippen molar-refractivity contribution in [3.8, 4) is 17.2 Å². The molecule has 0 saturated carbocycles. The highest BCUT2D eigenvalue weighted by Gasteiger charge is 2.31. The second kappa shape index (κ2) is 7.85. The number of rotatable bonds is 3. The Kier molecular flexibility index (Phi) is 5.54. The first-order chi connectivity index (χ1) is 12.3. The van der Waals surface area contributed by atoms with Crippen molar-refractivity contribution in [1.82, 2.24) is 10.2 Å². The summed E-state index contributed by atoms with van der Waals surface area (Å²) in [5, 5.41) is 3.37. The minimum atomic E-state index is -0.0807. The second-order valence-corrected chi connectivity index (χ2v) is 6.03. The highest BCUT2D eigenvalue weighted by Crippen LogP contribution is 2.35. The van der Waals surface area contributed by atoms with Crippen LogP contribution in [0.3, 0.4) is 0 Å². The maximum atomic E-state index is 13.1. The van der Waals surface area contributed by atoms with Crippen molar-refractivity contribution in [1.29, 1.82) is 0 Å². The molecule has 138 valence electrons. The van der Waals surface area contributed by atoms with E-state index in [1.807, 2.05) is 29.2 Å². The minimum absolute atomic E-state index is 0. The topological polar surface area (TPSA) is 60.0 Å². The highest BCUT2D eigenvalue weighted by molar-refractivity contribution is 5.95. The maximum absolute atomic E-state index is 13.1. The highest BCUT2D eigenvalue weighted by atomic mass is 35.5. The lowest BCUT2D eigenvalue weighted by Gasteiger charge is -2.37. The van der Waals surface area contributed by atoms with Crippen molar-refractivity contribution in [2.24, 2.45) is 0 Å². The van der Waals surface area contributed by atoms with Gasteiger partial charge in [-0.15, -0.1) is 12.4 Å². The first-order valence-corrected chi connectivity index (χ1v) is 8.32. The van der Waals surface area contributed by atoms with E-state index in [4.69, 9.17) is 14.2 Å². The fraction of sp³-hybridized carbons (Fsp3) is 0.316. The maximum Gasteiger partial charge on any atom is 0.254 e. The molecule has 1 saturated heterocycles. The number of halogens is 1. The van der Waals surface area contributed by atoms with Crippen LogP contribution in [-0.2, 0) is 0 Å². The third kappa shape index (κ3) is 3.30. The van der Waals surface area contributed by atoms with Crippen LogP contribution in [0, 0.1) is 0 Å². The van der Waals surface area contributed by atoms with Gasteiger partial charge in [0.25, 0.3) is 5.91 Å². The number of carbonyl (C=O) groups is 1. The summed E-state index contributed by atoms with van der Waals surface area (Å²) < 4.78 is 16.2. The molecule has 26 heavy (non-hydrogen) atoms. The van der Waals surface area contributed by atoms with Crippen LogP contribution in [0.4, 0.5) is 0 Å². The van der Waals surface area contributed by atoms with Crippen LogP contribution in [0.25, 0.3) is 0 Å². The Bertz CT molecular complexity index is 799. The number of methoxy groups -OCH3 is 1. The molecule has 2 aromatic rings. The number of nitrogens with one attached hydrogen (secondary N) is 1. The smallest absolute Gasteiger partial charge is 0.254 e. The van der Waals surface area contributed by atoms with E-state index < -0.39 is 0 Å². The van der Waals surface area contributed by atoms with Crippen LogP contribution in [-0.4, -0.2) is 44.3 Å². The van der Waals surface area contributed by atoms with E-state index in [0.29, 0.717) is 30.2 Å². The first kappa shape index (κ1) is 18.4. The molecule has 1 unspecified atom stereocenters. The molecule has 0 aliphatic carbocycles. The fourth-order valence-electron chi connectivity index (χ4n) is 3.36. The molecule has 2 aliphatic heterocycles. The van der Waals surface area contributed by atoms with Gasteiger partial charge in [-0.25, -0.2) is 0 Å². The molecule has 2 aromatic carbocycles. The zero-order chi connectivity index (χ0) is 17.2. The van der Waals surface area contributed by atoms with Gasteiger partial charge in [-0.05, 0) is 24.3 Å². The van der Waals surface area contributed by atoms with Gasteiger partial charge in [-0.3, -0.25) is 4.79 Å². The third-order valence-corrected chi connectivity index (χ3v) is 4.62. The fourth-order valence-corrected chi connectivity index (χ4v) is 3.36. The van der Waals surface area contributed by atoms with Gasteiger partial charge in [0.15, 0.2) is 11.5 Å². The summed E-state index contributed by atoms with van der Waals surface area (Å²) in [6.45, 7) is 2.29. The van der Waals surface area contributed by atoms with E-state index >= 15 is 0 Å². The molecule has 0 spiro atoms. The number of hydrogen-bond donors (Lipinski definition) is 1. The van der Waals surface area contributed by atoms with Crippen LogP contribution in [0.2, 0.25) is 0 Å². The third-order valence-electron chi connectivity index (χ3n) is 4.62. The zero-order valence-electron chi connectivity index (χ0n) is 14.4. The molecule has 1 atom stereocenters. The van der Waals surface area contributed by atoms with Gasteiger partial charge in [0.05, 0.1) is 13.2 Å². The summed E-state index contributed by atoms with van der Waals surface area (Å²) >= 11 is 0. The number of fused-ring (bicyclic) bond motifs is 1. The van der Waals surface area contributed by atoms with Crippen LogP contribution < -0.4 is 19.5 Å². The van der Waals surface area contributed by atoms with Crippen molar-refractivity contribution in [2.75, 3.05) is 33.5 Å². The molecule has 1 amide bonds. The van der Waals surface area contributed by atoms with Crippen molar-refractivity contribution < 1.29 is 19.0 Å². The molecule has 4 rings (SSSR count). The predicted molar refractivity (Wildman–Crippen MR) is 99.5 cm³/mol. The average Bonchev–Trinajstić information content (AvgIpc) is 3.15. The Morgan fingerprint density at radius 3 is 2.85 bits per heavy atom. The lowest BCUT2D eigenvalue weighted by Crippen LogP contribution is -2.48. The van der Waals surface area contributed by atoms with E-state index in [-0.39, 0.29) is 31.1 Å². The van der Waals surface area contributed by atoms with Crippen molar-refractivity contribution in [2.45, 2.75) is 6.04 Å². The van der Waals surface area contributed by atoms with E-state index in [9.17, 15) is 4.79 Å². The van der Waals surface area contributed by atoms with Gasteiger partial charge in [-0.1, -0.05) is 18.2 Å². The predicted octanol–water partition coefficient (Wildman–Crippen LogP) is 2.63. The van der Waals surface area contributed by atoms with Gasteiger partial charge < -0.3 is 24.4 Å². The summed E-state index contributed by atoms with van der Waals surface area (Å²) in [5.74, 6) is 2.07. The van der Waals surface area contributed by atoms with E-state index in [0.717, 1.165) is 17.9 Å². The largest absolute Gasteiger partial charge is 0.496 e. The summed E-state index contributed by atoms with van der Waals surface area (Å²) in [6, 6.07) is 13.1. The number of piperazine rings is 1. The number of carbonyl (C=O) groups excluding carboxylic acids is 1. The molecule has 1 fully saturated rings. The molecule has 0 bridgehead atoms. The van der Waals surface area contributed by atoms with Gasteiger partial charge in [0, 0.05) is 30.8 Å². The van der Waals surface area contributed by atoms with Gasteiger partial charge in [0.2, 0.25) is 6.79 Å². The molecule has 2 aliphatic rings. The normalized spacial score (nSPS) is 18.2. The SMILES string of the molecule is COc1ccccc1C1CNCCN1C(=O)c1ccc2c(c1)OCO2.Cl.